The SMILES string of the molecule is CCCCOCCNC(=O)N1C[C@@H]2CCC[C@@]2(C(=O)O)C1. The molecule has 1 saturated heterocycles. The summed E-state index contributed by atoms with van der Waals surface area (Å²) in [5.74, 6) is -0.634. The maximum atomic E-state index is 12.1. The number of amides is 2. The number of hydrogen-bond donors (Lipinski definition) is 2. The van der Waals surface area contributed by atoms with Gasteiger partial charge in [0.15, 0.2) is 0 Å². The molecular formula is C15H26N2O4. The molecule has 21 heavy (non-hydrogen) atoms. The topological polar surface area (TPSA) is 78.9 Å². The number of ether oxygens (including phenoxy) is 1. The summed E-state index contributed by atoms with van der Waals surface area (Å²) in [6.45, 7) is 4.72. The Balaban J connectivity index is 1.74. The Morgan fingerprint density at radius 3 is 2.90 bits per heavy atom. The lowest BCUT2D eigenvalue weighted by Gasteiger charge is -2.23. The van der Waals surface area contributed by atoms with Crippen molar-refractivity contribution >= 4 is 12.0 Å². The first-order chi connectivity index (χ1) is 10.1. The fourth-order valence-electron chi connectivity index (χ4n) is 3.48. The summed E-state index contributed by atoms with van der Waals surface area (Å²) in [5, 5.41) is 12.3. The van der Waals surface area contributed by atoms with Gasteiger partial charge in [0.2, 0.25) is 0 Å². The summed E-state index contributed by atoms with van der Waals surface area (Å²) < 4.78 is 5.39. The van der Waals surface area contributed by atoms with Crippen molar-refractivity contribution < 1.29 is 19.4 Å². The highest BCUT2D eigenvalue weighted by molar-refractivity contribution is 5.80. The minimum atomic E-state index is -0.747. The van der Waals surface area contributed by atoms with Crippen molar-refractivity contribution in [2.24, 2.45) is 11.3 Å². The Labute approximate surface area is 125 Å². The molecule has 1 saturated carbocycles. The van der Waals surface area contributed by atoms with Crippen molar-refractivity contribution in [1.29, 1.82) is 0 Å². The molecule has 120 valence electrons. The maximum absolute atomic E-state index is 12.1. The first-order valence-electron chi connectivity index (χ1n) is 7.94. The predicted molar refractivity (Wildman–Crippen MR) is 78.1 cm³/mol. The molecule has 2 amide bonds. The van der Waals surface area contributed by atoms with Crippen LogP contribution in [0.3, 0.4) is 0 Å². The lowest BCUT2D eigenvalue weighted by Crippen LogP contribution is -2.42. The van der Waals surface area contributed by atoms with Crippen molar-refractivity contribution in [3.63, 3.8) is 0 Å². The molecule has 0 bridgehead atoms. The van der Waals surface area contributed by atoms with E-state index in [0.29, 0.717) is 32.7 Å². The smallest absolute Gasteiger partial charge is 0.317 e. The standard InChI is InChI=1S/C15H26N2O4/c1-2-3-8-21-9-7-16-14(20)17-10-12-5-4-6-15(12,11-17)13(18)19/h12H,2-11H2,1H3,(H,16,20)(H,18,19)/t12-,15+/m0/s1. The Morgan fingerprint density at radius 1 is 1.43 bits per heavy atom. The lowest BCUT2D eigenvalue weighted by molar-refractivity contribution is -0.149. The molecule has 2 fully saturated rings. The second-order valence-electron chi connectivity index (χ2n) is 6.13. The molecule has 0 unspecified atom stereocenters. The van der Waals surface area contributed by atoms with Gasteiger partial charge in [-0.15, -0.1) is 0 Å². The van der Waals surface area contributed by atoms with Crippen molar-refractivity contribution in [2.45, 2.75) is 39.0 Å². The summed E-state index contributed by atoms with van der Waals surface area (Å²) in [6, 6.07) is -0.163. The highest BCUT2D eigenvalue weighted by atomic mass is 16.5. The summed E-state index contributed by atoms with van der Waals surface area (Å²) in [7, 11) is 0. The van der Waals surface area contributed by atoms with Crippen LogP contribution in [0.15, 0.2) is 0 Å². The van der Waals surface area contributed by atoms with Gasteiger partial charge in [-0.05, 0) is 25.2 Å². The number of carboxylic acid groups (broad SMARTS) is 1. The normalized spacial score (nSPS) is 27.7. The number of unbranched alkanes of at least 4 members (excludes halogenated alkanes) is 1. The van der Waals surface area contributed by atoms with E-state index in [1.807, 2.05) is 0 Å². The molecule has 0 aromatic rings. The van der Waals surface area contributed by atoms with E-state index >= 15 is 0 Å². The molecule has 1 aliphatic carbocycles. The first kappa shape index (κ1) is 16.1. The molecule has 6 nitrogen and oxygen atoms in total. The number of rotatable bonds is 7. The van der Waals surface area contributed by atoms with Crippen LogP contribution in [0.2, 0.25) is 0 Å². The van der Waals surface area contributed by atoms with E-state index in [0.717, 1.165) is 32.3 Å². The van der Waals surface area contributed by atoms with Crippen LogP contribution in [0.25, 0.3) is 0 Å². The molecule has 0 aromatic carbocycles. The van der Waals surface area contributed by atoms with Crippen molar-refractivity contribution in [3.8, 4) is 0 Å². The van der Waals surface area contributed by atoms with Gasteiger partial charge in [0.1, 0.15) is 0 Å². The molecule has 2 aliphatic rings. The number of nitrogens with one attached hydrogen (secondary N) is 1. The van der Waals surface area contributed by atoms with Gasteiger partial charge >= 0.3 is 12.0 Å². The average molecular weight is 298 g/mol. The zero-order valence-corrected chi connectivity index (χ0v) is 12.8. The van der Waals surface area contributed by atoms with Gasteiger partial charge in [-0.25, -0.2) is 4.79 Å². The summed E-state index contributed by atoms with van der Waals surface area (Å²) in [5.41, 5.74) is -0.699. The number of urea groups is 1. The van der Waals surface area contributed by atoms with E-state index in [1.54, 1.807) is 4.90 Å². The van der Waals surface area contributed by atoms with Crippen LogP contribution in [0, 0.1) is 11.3 Å². The van der Waals surface area contributed by atoms with Crippen molar-refractivity contribution in [2.75, 3.05) is 32.8 Å². The Kier molecular flexibility index (Phi) is 5.45. The van der Waals surface area contributed by atoms with Gasteiger partial charge in [0.25, 0.3) is 0 Å². The number of likely N-dealkylation sites (tertiary alicyclic amines) is 1. The summed E-state index contributed by atoms with van der Waals surface area (Å²) >= 11 is 0. The van der Waals surface area contributed by atoms with Gasteiger partial charge in [0.05, 0.1) is 12.0 Å². The zero-order valence-electron chi connectivity index (χ0n) is 12.8. The number of carboxylic acids is 1. The number of hydrogen-bond acceptors (Lipinski definition) is 3. The van der Waals surface area contributed by atoms with Crippen LogP contribution in [0.4, 0.5) is 4.79 Å². The lowest BCUT2D eigenvalue weighted by atomic mass is 9.81. The third-order valence-electron chi connectivity index (χ3n) is 4.75. The molecule has 0 spiro atoms. The van der Waals surface area contributed by atoms with E-state index in [1.165, 1.54) is 0 Å². The van der Waals surface area contributed by atoms with Gasteiger partial charge in [-0.2, -0.15) is 0 Å². The Morgan fingerprint density at radius 2 is 2.24 bits per heavy atom. The van der Waals surface area contributed by atoms with Gasteiger partial charge < -0.3 is 20.1 Å². The third kappa shape index (κ3) is 3.48. The molecule has 2 rings (SSSR count). The molecular weight excluding hydrogens is 272 g/mol. The van der Waals surface area contributed by atoms with Gasteiger partial charge in [0, 0.05) is 26.2 Å². The second kappa shape index (κ2) is 7.11. The molecule has 2 atom stereocenters. The van der Waals surface area contributed by atoms with Gasteiger partial charge in [-0.1, -0.05) is 19.8 Å². The molecule has 1 aliphatic heterocycles. The summed E-state index contributed by atoms with van der Waals surface area (Å²) in [4.78, 5) is 25.3. The van der Waals surface area contributed by atoms with Crippen LogP contribution >= 0.6 is 0 Å². The van der Waals surface area contributed by atoms with Crippen LogP contribution < -0.4 is 5.32 Å². The van der Waals surface area contributed by atoms with Gasteiger partial charge in [-0.3, -0.25) is 4.79 Å². The number of nitrogens with zero attached hydrogens (tertiary/aromatic N) is 1. The Bertz CT molecular complexity index is 388. The second-order valence-corrected chi connectivity index (χ2v) is 6.13. The van der Waals surface area contributed by atoms with Crippen LogP contribution in [0.5, 0.6) is 0 Å². The van der Waals surface area contributed by atoms with E-state index in [9.17, 15) is 14.7 Å². The van der Waals surface area contributed by atoms with E-state index in [2.05, 4.69) is 12.2 Å². The largest absolute Gasteiger partial charge is 0.481 e. The van der Waals surface area contributed by atoms with E-state index < -0.39 is 11.4 Å². The highest BCUT2D eigenvalue weighted by Gasteiger charge is 2.55. The molecule has 6 heteroatoms. The van der Waals surface area contributed by atoms with Crippen molar-refractivity contribution in [1.82, 2.24) is 10.2 Å². The fraction of sp³-hybridized carbons (Fsp3) is 0.867. The highest BCUT2D eigenvalue weighted by Crippen LogP contribution is 2.48. The molecule has 1 heterocycles. The number of carbonyl (C=O) groups excluding carboxylic acids is 1. The van der Waals surface area contributed by atoms with Crippen molar-refractivity contribution in [3.05, 3.63) is 0 Å². The number of aliphatic carboxylic acids is 1. The minimum Gasteiger partial charge on any atom is -0.481 e. The zero-order chi connectivity index (χ0) is 15.3. The maximum Gasteiger partial charge on any atom is 0.317 e. The number of carbonyl (C=O) groups is 2. The molecule has 2 N–H and O–H groups in total. The third-order valence-corrected chi connectivity index (χ3v) is 4.75. The van der Waals surface area contributed by atoms with E-state index in [4.69, 9.17) is 4.74 Å². The summed E-state index contributed by atoms with van der Waals surface area (Å²) in [6.07, 6.45) is 4.69. The average Bonchev–Trinajstić information content (AvgIpc) is 3.00. The monoisotopic (exact) mass is 298 g/mol. The molecule has 0 radical (unpaired) electrons. The molecule has 0 aromatic heterocycles. The first-order valence-corrected chi connectivity index (χ1v) is 7.94. The quantitative estimate of drug-likeness (QED) is 0.701. The number of fused-ring (bicyclic) bond motifs is 1. The van der Waals surface area contributed by atoms with Crippen LogP contribution in [-0.4, -0.2) is 54.9 Å². The predicted octanol–water partition coefficient (Wildman–Crippen LogP) is 1.70. The fourth-order valence-corrected chi connectivity index (χ4v) is 3.48. The minimum absolute atomic E-state index is 0.113. The van der Waals surface area contributed by atoms with Crippen LogP contribution in [-0.2, 0) is 9.53 Å². The Hall–Kier alpha value is -1.30. The van der Waals surface area contributed by atoms with E-state index in [-0.39, 0.29) is 11.9 Å². The van der Waals surface area contributed by atoms with Crippen LogP contribution in [0.1, 0.15) is 39.0 Å².